The molecule has 7 nitrogen and oxygen atoms in total. The molecule has 0 radical (unpaired) electrons. The number of methoxy groups -OCH3 is 2. The summed E-state index contributed by atoms with van der Waals surface area (Å²) in [7, 11) is 3.04. The van der Waals surface area contributed by atoms with Crippen LogP contribution in [0.5, 0.6) is 17.2 Å². The van der Waals surface area contributed by atoms with E-state index in [1.807, 2.05) is 6.07 Å². The Hall–Kier alpha value is -3.22. The number of rotatable bonds is 5. The van der Waals surface area contributed by atoms with Gasteiger partial charge in [-0.25, -0.2) is 4.79 Å². The van der Waals surface area contributed by atoms with Crippen LogP contribution in [0.3, 0.4) is 0 Å². The van der Waals surface area contributed by atoms with Crippen LogP contribution in [0.1, 0.15) is 6.42 Å². The Morgan fingerprint density at radius 1 is 1.20 bits per heavy atom. The molecule has 25 heavy (non-hydrogen) atoms. The Morgan fingerprint density at radius 2 is 2.00 bits per heavy atom. The van der Waals surface area contributed by atoms with Crippen molar-refractivity contribution >= 4 is 23.3 Å². The maximum Gasteiger partial charge on any atom is 0.334 e. The number of anilines is 2. The molecule has 2 aromatic carbocycles. The summed E-state index contributed by atoms with van der Waals surface area (Å²) in [5.74, 6) is 0.698. The maximum atomic E-state index is 12.4. The molecular weight excluding hydrogens is 324 g/mol. The van der Waals surface area contributed by atoms with E-state index in [1.165, 1.54) is 14.2 Å². The van der Waals surface area contributed by atoms with Crippen molar-refractivity contribution < 1.29 is 23.8 Å². The highest BCUT2D eigenvalue weighted by Crippen LogP contribution is 2.31. The largest absolute Gasteiger partial charge is 0.497 e. The van der Waals surface area contributed by atoms with Crippen molar-refractivity contribution in [2.24, 2.45) is 0 Å². The van der Waals surface area contributed by atoms with E-state index in [2.05, 4.69) is 10.6 Å². The number of benzene rings is 2. The molecule has 1 amide bonds. The summed E-state index contributed by atoms with van der Waals surface area (Å²) in [5.41, 5.74) is 1.15. The third-order valence-electron chi connectivity index (χ3n) is 3.78. The van der Waals surface area contributed by atoms with Crippen molar-refractivity contribution in [3.63, 3.8) is 0 Å². The fraction of sp³-hybridized carbons (Fsp3) is 0.222. The van der Waals surface area contributed by atoms with E-state index in [4.69, 9.17) is 14.2 Å². The van der Waals surface area contributed by atoms with Crippen LogP contribution in [-0.2, 0) is 9.59 Å². The van der Waals surface area contributed by atoms with E-state index < -0.39 is 12.0 Å². The first-order valence-electron chi connectivity index (χ1n) is 7.70. The molecule has 1 atom stereocenters. The molecule has 7 heteroatoms. The SMILES string of the molecule is COc1ccc(OC)c(NC(=O)CC2Nc3ccccc3OC2=O)c1. The number of fused-ring (bicyclic) bond motifs is 1. The summed E-state index contributed by atoms with van der Waals surface area (Å²) in [5, 5.41) is 5.76. The number of ether oxygens (including phenoxy) is 3. The number of carbonyl (C=O) groups excluding carboxylic acids is 2. The van der Waals surface area contributed by atoms with E-state index in [1.54, 1.807) is 36.4 Å². The van der Waals surface area contributed by atoms with Crippen LogP contribution in [-0.4, -0.2) is 32.1 Å². The lowest BCUT2D eigenvalue weighted by Crippen LogP contribution is -2.39. The highest BCUT2D eigenvalue weighted by atomic mass is 16.5. The molecule has 1 heterocycles. The zero-order valence-corrected chi connectivity index (χ0v) is 13.9. The second-order valence-corrected chi connectivity index (χ2v) is 5.43. The number of esters is 1. The Balaban J connectivity index is 1.70. The standard InChI is InChI=1S/C18H18N2O5/c1-23-11-7-8-15(24-2)13(9-11)20-17(21)10-14-18(22)25-16-6-4-3-5-12(16)19-14/h3-9,14,19H,10H2,1-2H3,(H,20,21). The quantitative estimate of drug-likeness (QED) is 0.641. The first-order chi connectivity index (χ1) is 12.1. The molecule has 1 aliphatic rings. The molecule has 0 fully saturated rings. The molecule has 0 spiro atoms. The van der Waals surface area contributed by atoms with Crippen molar-refractivity contribution in [1.29, 1.82) is 0 Å². The van der Waals surface area contributed by atoms with Gasteiger partial charge in [-0.15, -0.1) is 0 Å². The van der Waals surface area contributed by atoms with Crippen molar-refractivity contribution in [2.75, 3.05) is 24.9 Å². The molecule has 0 bridgehead atoms. The summed E-state index contributed by atoms with van der Waals surface area (Å²) >= 11 is 0. The lowest BCUT2D eigenvalue weighted by molar-refractivity contribution is -0.137. The van der Waals surface area contributed by atoms with E-state index in [0.717, 1.165) is 0 Å². The number of carbonyl (C=O) groups is 2. The summed E-state index contributed by atoms with van der Waals surface area (Å²) < 4.78 is 15.6. The van der Waals surface area contributed by atoms with E-state index in [9.17, 15) is 9.59 Å². The number of hydrogen-bond acceptors (Lipinski definition) is 6. The van der Waals surface area contributed by atoms with Crippen LogP contribution >= 0.6 is 0 Å². The number of amides is 1. The predicted octanol–water partition coefficient (Wildman–Crippen LogP) is 2.43. The van der Waals surface area contributed by atoms with Crippen molar-refractivity contribution in [3.05, 3.63) is 42.5 Å². The zero-order chi connectivity index (χ0) is 17.8. The van der Waals surface area contributed by atoms with Gasteiger partial charge in [0.15, 0.2) is 5.75 Å². The first-order valence-corrected chi connectivity index (χ1v) is 7.70. The third kappa shape index (κ3) is 3.65. The Kier molecular flexibility index (Phi) is 4.74. The lowest BCUT2D eigenvalue weighted by Gasteiger charge is -2.25. The van der Waals surface area contributed by atoms with E-state index in [-0.39, 0.29) is 12.3 Å². The molecule has 2 N–H and O–H groups in total. The first kappa shape index (κ1) is 16.6. The predicted molar refractivity (Wildman–Crippen MR) is 92.3 cm³/mol. The Labute approximate surface area is 144 Å². The van der Waals surface area contributed by atoms with Gasteiger partial charge in [0.1, 0.15) is 17.5 Å². The van der Waals surface area contributed by atoms with Gasteiger partial charge in [-0.2, -0.15) is 0 Å². The second kappa shape index (κ2) is 7.12. The smallest absolute Gasteiger partial charge is 0.334 e. The van der Waals surface area contributed by atoms with Crippen molar-refractivity contribution in [1.82, 2.24) is 0 Å². The highest BCUT2D eigenvalue weighted by molar-refractivity contribution is 5.98. The molecule has 0 aliphatic carbocycles. The van der Waals surface area contributed by atoms with Gasteiger partial charge in [-0.1, -0.05) is 12.1 Å². The Morgan fingerprint density at radius 3 is 2.76 bits per heavy atom. The molecular formula is C18H18N2O5. The van der Waals surface area contributed by atoms with E-state index in [0.29, 0.717) is 28.6 Å². The van der Waals surface area contributed by atoms with Crippen LogP contribution in [0.2, 0.25) is 0 Å². The van der Waals surface area contributed by atoms with Gasteiger partial charge in [0.05, 0.1) is 32.0 Å². The summed E-state index contributed by atoms with van der Waals surface area (Å²) in [4.78, 5) is 24.4. The molecule has 0 saturated heterocycles. The van der Waals surface area contributed by atoms with Crippen LogP contribution in [0.4, 0.5) is 11.4 Å². The van der Waals surface area contributed by atoms with Crippen LogP contribution in [0, 0.1) is 0 Å². The molecule has 3 rings (SSSR count). The summed E-state index contributed by atoms with van der Waals surface area (Å²) in [6.45, 7) is 0. The van der Waals surface area contributed by atoms with Crippen LogP contribution in [0.25, 0.3) is 0 Å². The normalized spacial score (nSPS) is 15.4. The van der Waals surface area contributed by atoms with E-state index >= 15 is 0 Å². The second-order valence-electron chi connectivity index (χ2n) is 5.43. The van der Waals surface area contributed by atoms with Crippen LogP contribution in [0.15, 0.2) is 42.5 Å². The van der Waals surface area contributed by atoms with Gasteiger partial charge in [0.2, 0.25) is 5.91 Å². The van der Waals surface area contributed by atoms with Gasteiger partial charge in [-0.05, 0) is 24.3 Å². The number of hydrogen-bond donors (Lipinski definition) is 2. The minimum atomic E-state index is -0.758. The minimum absolute atomic E-state index is 0.0759. The van der Waals surface area contributed by atoms with Gasteiger partial charge >= 0.3 is 5.97 Å². The Bertz CT molecular complexity index is 806. The van der Waals surface area contributed by atoms with Gasteiger partial charge < -0.3 is 24.8 Å². The van der Waals surface area contributed by atoms with Crippen LogP contribution < -0.4 is 24.8 Å². The molecule has 0 saturated carbocycles. The molecule has 130 valence electrons. The lowest BCUT2D eigenvalue weighted by atomic mass is 10.1. The van der Waals surface area contributed by atoms with Gasteiger partial charge in [-0.3, -0.25) is 4.79 Å². The fourth-order valence-corrected chi connectivity index (χ4v) is 2.53. The highest BCUT2D eigenvalue weighted by Gasteiger charge is 2.29. The van der Waals surface area contributed by atoms with Gasteiger partial charge in [0.25, 0.3) is 0 Å². The van der Waals surface area contributed by atoms with Crippen molar-refractivity contribution in [3.8, 4) is 17.2 Å². The molecule has 0 aromatic heterocycles. The van der Waals surface area contributed by atoms with Gasteiger partial charge in [0, 0.05) is 6.07 Å². The number of nitrogens with one attached hydrogen (secondary N) is 2. The average Bonchev–Trinajstić information content (AvgIpc) is 2.62. The average molecular weight is 342 g/mol. The minimum Gasteiger partial charge on any atom is -0.497 e. The summed E-state index contributed by atoms with van der Waals surface area (Å²) in [6, 6.07) is 11.4. The topological polar surface area (TPSA) is 85.9 Å². The molecule has 1 unspecified atom stereocenters. The zero-order valence-electron chi connectivity index (χ0n) is 13.9. The third-order valence-corrected chi connectivity index (χ3v) is 3.78. The summed E-state index contributed by atoms with van der Waals surface area (Å²) in [6.07, 6.45) is -0.0759. The molecule has 2 aromatic rings. The fourth-order valence-electron chi connectivity index (χ4n) is 2.53. The maximum absolute atomic E-state index is 12.4. The van der Waals surface area contributed by atoms with Crippen molar-refractivity contribution in [2.45, 2.75) is 12.5 Å². The monoisotopic (exact) mass is 342 g/mol. The number of para-hydroxylation sites is 2. The molecule has 1 aliphatic heterocycles.